The highest BCUT2D eigenvalue weighted by Gasteiger charge is 2.77. The fraction of sp³-hybridized carbons (Fsp3) is 0.500. The van der Waals surface area contributed by atoms with Crippen molar-refractivity contribution in [3.8, 4) is 0 Å². The minimum absolute atomic E-state index is 0.222. The molecule has 0 aromatic rings. The Bertz CT molecular complexity index is 264. The minimum atomic E-state index is -0.222. The summed E-state index contributed by atoms with van der Waals surface area (Å²) >= 11 is 0. The van der Waals surface area contributed by atoms with Gasteiger partial charge in [-0.2, -0.15) is 0 Å². The molecule has 2 atom stereocenters. The number of allylic oxidation sites excluding steroid dienone is 2. The lowest BCUT2D eigenvalue weighted by Crippen LogP contribution is -2.00. The van der Waals surface area contributed by atoms with Crippen LogP contribution in [0.25, 0.3) is 0 Å². The minimum Gasteiger partial charge on any atom is -0.449 e. The number of hydrogen-bond donors (Lipinski definition) is 0. The van der Waals surface area contributed by atoms with Gasteiger partial charge in [0.15, 0.2) is 11.9 Å². The summed E-state index contributed by atoms with van der Waals surface area (Å²) in [5.41, 5.74) is 1.36. The van der Waals surface area contributed by atoms with Crippen molar-refractivity contribution in [3.63, 3.8) is 0 Å². The third-order valence-corrected chi connectivity index (χ3v) is 2.34. The third kappa shape index (κ3) is 0.353. The van der Waals surface area contributed by atoms with Crippen LogP contribution in [0.2, 0.25) is 0 Å². The average molecular weight is 136 g/mol. The summed E-state index contributed by atoms with van der Waals surface area (Å²) < 4.78 is 10.6. The third-order valence-electron chi connectivity index (χ3n) is 2.34. The van der Waals surface area contributed by atoms with E-state index in [4.69, 9.17) is 9.47 Å². The quantitative estimate of drug-likeness (QED) is 0.508. The molecular weight excluding hydrogens is 128 g/mol. The maximum absolute atomic E-state index is 5.38. The summed E-state index contributed by atoms with van der Waals surface area (Å²) in [4.78, 5) is 0. The van der Waals surface area contributed by atoms with E-state index >= 15 is 0 Å². The molecule has 2 nitrogen and oxygen atoms in total. The molecular formula is C8H8O2. The van der Waals surface area contributed by atoms with Crippen LogP contribution in [-0.2, 0) is 9.47 Å². The number of epoxide rings is 2. The monoisotopic (exact) mass is 136 g/mol. The second kappa shape index (κ2) is 1.17. The van der Waals surface area contributed by atoms with Gasteiger partial charge in [-0.1, -0.05) is 13.0 Å². The Morgan fingerprint density at radius 1 is 1.60 bits per heavy atom. The first-order chi connectivity index (χ1) is 4.87. The van der Waals surface area contributed by atoms with Crippen molar-refractivity contribution >= 4 is 0 Å². The molecule has 2 heterocycles. The Labute approximate surface area is 59.1 Å². The average Bonchev–Trinajstić information content (AvgIpc) is 2.73. The topological polar surface area (TPSA) is 25.1 Å². The van der Waals surface area contributed by atoms with Gasteiger partial charge in [0, 0.05) is 0 Å². The Morgan fingerprint density at radius 3 is 3.30 bits per heavy atom. The lowest BCUT2D eigenvalue weighted by molar-refractivity contribution is 0.255. The van der Waals surface area contributed by atoms with Crippen LogP contribution in [0.1, 0.15) is 13.3 Å². The summed E-state index contributed by atoms with van der Waals surface area (Å²) in [6.45, 7) is 2.14. The van der Waals surface area contributed by atoms with Crippen molar-refractivity contribution in [1.29, 1.82) is 0 Å². The summed E-state index contributed by atoms with van der Waals surface area (Å²) in [7, 11) is 0. The molecule has 2 saturated heterocycles. The number of rotatable bonds is 1. The molecule has 0 radical (unpaired) electrons. The van der Waals surface area contributed by atoms with E-state index in [1.54, 1.807) is 0 Å². The van der Waals surface area contributed by atoms with E-state index in [1.807, 2.05) is 6.08 Å². The van der Waals surface area contributed by atoms with E-state index in [0.29, 0.717) is 0 Å². The molecule has 0 saturated carbocycles. The molecule has 2 fully saturated rings. The first-order valence-corrected chi connectivity index (χ1v) is 3.65. The van der Waals surface area contributed by atoms with Gasteiger partial charge in [0.1, 0.15) is 0 Å². The molecule has 3 aliphatic rings. The van der Waals surface area contributed by atoms with Gasteiger partial charge in [0.05, 0.1) is 0 Å². The zero-order valence-corrected chi connectivity index (χ0v) is 5.76. The number of ether oxygens (including phenoxy) is 2. The molecule has 1 spiro atoms. The summed E-state index contributed by atoms with van der Waals surface area (Å²) in [6.07, 6.45) is 5.47. The Morgan fingerprint density at radius 2 is 2.50 bits per heavy atom. The van der Waals surface area contributed by atoms with Crippen molar-refractivity contribution in [2.24, 2.45) is 0 Å². The van der Waals surface area contributed by atoms with Crippen LogP contribution in [0.5, 0.6) is 0 Å². The zero-order chi connectivity index (χ0) is 6.77. The SMILES string of the molecule is CCC1=CC=C2OC23OC13. The molecule has 0 N–H and O–H groups in total. The molecule has 10 heavy (non-hydrogen) atoms. The fourth-order valence-electron chi connectivity index (χ4n) is 1.59. The maximum atomic E-state index is 5.38. The van der Waals surface area contributed by atoms with Gasteiger partial charge >= 0.3 is 5.79 Å². The number of hydrogen-bond acceptors (Lipinski definition) is 2. The highest BCUT2D eigenvalue weighted by molar-refractivity contribution is 5.46. The predicted octanol–water partition coefficient (Wildman–Crippen LogP) is 1.35. The molecule has 0 amide bonds. The second-order valence-electron chi connectivity index (χ2n) is 2.89. The van der Waals surface area contributed by atoms with Crippen molar-refractivity contribution < 1.29 is 9.47 Å². The van der Waals surface area contributed by atoms with Crippen LogP contribution in [-0.4, -0.2) is 11.9 Å². The van der Waals surface area contributed by atoms with Crippen molar-refractivity contribution in [1.82, 2.24) is 0 Å². The molecule has 0 bridgehead atoms. The molecule has 2 heteroatoms. The van der Waals surface area contributed by atoms with E-state index in [0.717, 1.165) is 12.2 Å². The Balaban J connectivity index is 2.04. The molecule has 0 aromatic carbocycles. The van der Waals surface area contributed by atoms with Gasteiger partial charge in [-0.25, -0.2) is 0 Å². The van der Waals surface area contributed by atoms with Gasteiger partial charge in [0.2, 0.25) is 0 Å². The smallest absolute Gasteiger partial charge is 0.301 e. The van der Waals surface area contributed by atoms with E-state index in [9.17, 15) is 0 Å². The van der Waals surface area contributed by atoms with Crippen LogP contribution in [0.4, 0.5) is 0 Å². The highest BCUT2D eigenvalue weighted by Crippen LogP contribution is 2.63. The first kappa shape index (κ1) is 4.97. The second-order valence-corrected chi connectivity index (χ2v) is 2.89. The van der Waals surface area contributed by atoms with Gasteiger partial charge in [-0.15, -0.1) is 0 Å². The molecule has 3 rings (SSSR count). The first-order valence-electron chi connectivity index (χ1n) is 3.65. The Hall–Kier alpha value is -0.760. The van der Waals surface area contributed by atoms with E-state index in [2.05, 4.69) is 13.0 Å². The largest absolute Gasteiger partial charge is 0.449 e. The lowest BCUT2D eigenvalue weighted by atomic mass is 10.0. The molecule has 2 aliphatic heterocycles. The summed E-state index contributed by atoms with van der Waals surface area (Å²) in [6, 6.07) is 0. The molecule has 52 valence electrons. The predicted molar refractivity (Wildman–Crippen MR) is 35.1 cm³/mol. The van der Waals surface area contributed by atoms with E-state index in [-0.39, 0.29) is 11.9 Å². The van der Waals surface area contributed by atoms with Crippen LogP contribution in [0, 0.1) is 0 Å². The van der Waals surface area contributed by atoms with Crippen LogP contribution in [0.3, 0.4) is 0 Å². The molecule has 1 aliphatic carbocycles. The van der Waals surface area contributed by atoms with Gasteiger partial charge in [-0.3, -0.25) is 0 Å². The van der Waals surface area contributed by atoms with Crippen LogP contribution >= 0.6 is 0 Å². The summed E-state index contributed by atoms with van der Waals surface area (Å²) in [5, 5.41) is 0. The normalized spacial score (nSPS) is 45.9. The fourth-order valence-corrected chi connectivity index (χ4v) is 1.59. The van der Waals surface area contributed by atoms with Crippen molar-refractivity contribution in [2.45, 2.75) is 25.2 Å². The maximum Gasteiger partial charge on any atom is 0.301 e. The van der Waals surface area contributed by atoms with E-state index in [1.165, 1.54) is 5.57 Å². The zero-order valence-electron chi connectivity index (χ0n) is 5.76. The van der Waals surface area contributed by atoms with E-state index < -0.39 is 0 Å². The van der Waals surface area contributed by atoms with Gasteiger partial charge in [0.25, 0.3) is 0 Å². The van der Waals surface area contributed by atoms with Crippen molar-refractivity contribution in [2.75, 3.05) is 0 Å². The Kier molecular flexibility index (Phi) is 0.579. The standard InChI is InChI=1S/C8H8O2/c1-2-5-3-4-6-8(9-6)7(5)10-8/h3-4,7H,2H2,1H3. The summed E-state index contributed by atoms with van der Waals surface area (Å²) in [5.74, 6) is 0.801. The van der Waals surface area contributed by atoms with Crippen molar-refractivity contribution in [3.05, 3.63) is 23.5 Å². The van der Waals surface area contributed by atoms with Crippen LogP contribution in [0.15, 0.2) is 23.5 Å². The van der Waals surface area contributed by atoms with Gasteiger partial charge in [-0.05, 0) is 18.1 Å². The van der Waals surface area contributed by atoms with Gasteiger partial charge < -0.3 is 9.47 Å². The highest BCUT2D eigenvalue weighted by atomic mass is 16.9. The van der Waals surface area contributed by atoms with Crippen LogP contribution < -0.4 is 0 Å². The molecule has 2 unspecified atom stereocenters. The lowest BCUT2D eigenvalue weighted by Gasteiger charge is -1.95. The molecule has 0 aromatic heterocycles.